The Morgan fingerprint density at radius 2 is 2.27 bits per heavy atom. The van der Waals surface area contributed by atoms with Crippen LogP contribution in [-0.4, -0.2) is 25.5 Å². The van der Waals surface area contributed by atoms with Gasteiger partial charge in [-0.25, -0.2) is 4.39 Å². The van der Waals surface area contributed by atoms with Gasteiger partial charge in [0.25, 0.3) is 0 Å². The van der Waals surface area contributed by atoms with E-state index in [1.165, 1.54) is 0 Å². The van der Waals surface area contributed by atoms with Gasteiger partial charge in [-0.1, -0.05) is 0 Å². The molecule has 0 saturated carbocycles. The van der Waals surface area contributed by atoms with E-state index in [0.29, 0.717) is 12.6 Å². The smallest absolute Gasteiger partial charge is 0.124 e. The molecule has 2 rings (SSSR count). The number of rotatable bonds is 4. The fraction of sp³-hybridized carbons (Fsp3) is 0.455. The molecule has 0 aliphatic carbocycles. The van der Waals surface area contributed by atoms with Crippen molar-refractivity contribution >= 4 is 11.8 Å². The van der Waals surface area contributed by atoms with Crippen molar-refractivity contribution in [3.05, 3.63) is 29.6 Å². The molecule has 1 heterocycles. The highest BCUT2D eigenvalue weighted by Gasteiger charge is 2.17. The van der Waals surface area contributed by atoms with Gasteiger partial charge in [0, 0.05) is 11.4 Å². The third kappa shape index (κ3) is 2.93. The molecule has 0 aromatic heterocycles. The van der Waals surface area contributed by atoms with Crippen LogP contribution >= 0.6 is 11.8 Å². The Bertz CT molecular complexity index is 341. The zero-order valence-corrected chi connectivity index (χ0v) is 9.44. The maximum Gasteiger partial charge on any atom is 0.124 e. The lowest BCUT2D eigenvalue weighted by Gasteiger charge is -2.27. The number of hydrogen-bond acceptors (Lipinski definition) is 3. The molecule has 1 aromatic rings. The number of halogens is 1. The van der Waals surface area contributed by atoms with E-state index in [4.69, 9.17) is 4.74 Å². The van der Waals surface area contributed by atoms with E-state index in [0.717, 1.165) is 23.7 Å². The Hall–Kier alpha value is -0.580. The molecule has 1 fully saturated rings. The molecule has 82 valence electrons. The predicted molar refractivity (Wildman–Crippen MR) is 59.6 cm³/mol. The summed E-state index contributed by atoms with van der Waals surface area (Å²) in [5.74, 6) is -0.163. The van der Waals surface area contributed by atoms with Crippen molar-refractivity contribution in [3.8, 4) is 0 Å². The second-order valence-electron chi connectivity index (χ2n) is 3.61. The van der Waals surface area contributed by atoms with Crippen LogP contribution in [0.4, 0.5) is 4.39 Å². The van der Waals surface area contributed by atoms with Gasteiger partial charge in [0.05, 0.1) is 19.3 Å². The molecule has 1 saturated heterocycles. The molecule has 0 atom stereocenters. The van der Waals surface area contributed by atoms with E-state index >= 15 is 0 Å². The molecule has 0 radical (unpaired) electrons. The van der Waals surface area contributed by atoms with Gasteiger partial charge in [-0.05, 0) is 30.0 Å². The van der Waals surface area contributed by atoms with Gasteiger partial charge < -0.3 is 10.1 Å². The summed E-state index contributed by atoms with van der Waals surface area (Å²) >= 11 is 1.56. The molecule has 1 aliphatic heterocycles. The summed E-state index contributed by atoms with van der Waals surface area (Å²) in [6, 6.07) is 5.58. The summed E-state index contributed by atoms with van der Waals surface area (Å²) in [5, 5.41) is 3.31. The molecule has 0 amide bonds. The molecule has 15 heavy (non-hydrogen) atoms. The lowest BCUT2D eigenvalue weighted by atomic mass is 10.2. The van der Waals surface area contributed by atoms with Crippen molar-refractivity contribution in [2.75, 3.05) is 19.5 Å². The summed E-state index contributed by atoms with van der Waals surface area (Å²) in [5.41, 5.74) is 0.992. The normalized spacial score (nSPS) is 16.4. The first-order chi connectivity index (χ1) is 7.28. The molecule has 1 aromatic carbocycles. The van der Waals surface area contributed by atoms with Crippen LogP contribution in [0, 0.1) is 5.82 Å². The van der Waals surface area contributed by atoms with Crippen molar-refractivity contribution in [1.82, 2.24) is 5.32 Å². The monoisotopic (exact) mass is 227 g/mol. The van der Waals surface area contributed by atoms with Crippen molar-refractivity contribution in [2.24, 2.45) is 0 Å². The van der Waals surface area contributed by atoms with Gasteiger partial charge in [0.2, 0.25) is 0 Å². The first-order valence-electron chi connectivity index (χ1n) is 4.92. The van der Waals surface area contributed by atoms with Crippen LogP contribution in [0.1, 0.15) is 5.56 Å². The van der Waals surface area contributed by atoms with Crippen molar-refractivity contribution in [2.45, 2.75) is 17.5 Å². The van der Waals surface area contributed by atoms with Gasteiger partial charge in [-0.3, -0.25) is 0 Å². The van der Waals surface area contributed by atoms with Gasteiger partial charge in [0.1, 0.15) is 5.82 Å². The standard InChI is InChI=1S/C11H14FNOS/c1-15-11-3-8(2-9(12)4-11)5-13-10-6-14-7-10/h2-4,10,13H,5-7H2,1H3. The predicted octanol–water partition coefficient (Wildman–Crippen LogP) is 2.04. The quantitative estimate of drug-likeness (QED) is 0.795. The van der Waals surface area contributed by atoms with E-state index in [2.05, 4.69) is 5.32 Å². The van der Waals surface area contributed by atoms with Crippen LogP contribution in [0.3, 0.4) is 0 Å². The SMILES string of the molecule is CSc1cc(F)cc(CNC2COC2)c1. The van der Waals surface area contributed by atoms with Crippen LogP contribution in [0.5, 0.6) is 0 Å². The van der Waals surface area contributed by atoms with E-state index in [1.54, 1.807) is 23.9 Å². The summed E-state index contributed by atoms with van der Waals surface area (Å²) < 4.78 is 18.2. The average Bonchev–Trinajstić information content (AvgIpc) is 2.14. The molecule has 1 N–H and O–H groups in total. The van der Waals surface area contributed by atoms with E-state index in [9.17, 15) is 4.39 Å². The summed E-state index contributed by atoms with van der Waals surface area (Å²) in [6.45, 7) is 2.24. The number of nitrogens with one attached hydrogen (secondary N) is 1. The highest BCUT2D eigenvalue weighted by Crippen LogP contribution is 2.18. The van der Waals surface area contributed by atoms with Gasteiger partial charge in [-0.15, -0.1) is 11.8 Å². The van der Waals surface area contributed by atoms with Crippen LogP contribution in [0.25, 0.3) is 0 Å². The number of thioether (sulfide) groups is 1. The minimum absolute atomic E-state index is 0.163. The third-order valence-electron chi connectivity index (χ3n) is 2.40. The molecular formula is C11H14FNOS. The van der Waals surface area contributed by atoms with E-state index in [-0.39, 0.29) is 5.82 Å². The fourth-order valence-corrected chi connectivity index (χ4v) is 1.96. The Morgan fingerprint density at radius 1 is 1.47 bits per heavy atom. The van der Waals surface area contributed by atoms with E-state index in [1.807, 2.05) is 12.3 Å². The molecule has 0 unspecified atom stereocenters. The second-order valence-corrected chi connectivity index (χ2v) is 4.49. The highest BCUT2D eigenvalue weighted by molar-refractivity contribution is 7.98. The van der Waals surface area contributed by atoms with Gasteiger partial charge >= 0.3 is 0 Å². The Labute approximate surface area is 93.2 Å². The average molecular weight is 227 g/mol. The van der Waals surface area contributed by atoms with Gasteiger partial charge in [-0.2, -0.15) is 0 Å². The first kappa shape index (κ1) is 10.9. The fourth-order valence-electron chi connectivity index (χ4n) is 1.46. The highest BCUT2D eigenvalue weighted by atomic mass is 32.2. The molecular weight excluding hydrogens is 213 g/mol. The topological polar surface area (TPSA) is 21.3 Å². The number of ether oxygens (including phenoxy) is 1. The Morgan fingerprint density at radius 3 is 2.87 bits per heavy atom. The van der Waals surface area contributed by atoms with Crippen molar-refractivity contribution in [3.63, 3.8) is 0 Å². The zero-order chi connectivity index (χ0) is 10.7. The second kappa shape index (κ2) is 4.96. The maximum absolute atomic E-state index is 13.2. The molecule has 0 bridgehead atoms. The first-order valence-corrected chi connectivity index (χ1v) is 6.15. The zero-order valence-electron chi connectivity index (χ0n) is 8.63. The summed E-state index contributed by atoms with van der Waals surface area (Å²) in [4.78, 5) is 0.969. The largest absolute Gasteiger partial charge is 0.378 e. The molecule has 4 heteroatoms. The molecule has 0 spiro atoms. The Kier molecular flexibility index (Phi) is 3.61. The number of benzene rings is 1. The summed E-state index contributed by atoms with van der Waals surface area (Å²) in [7, 11) is 0. The van der Waals surface area contributed by atoms with Crippen molar-refractivity contribution < 1.29 is 9.13 Å². The molecule has 1 aliphatic rings. The lowest BCUT2D eigenvalue weighted by Crippen LogP contribution is -2.45. The van der Waals surface area contributed by atoms with Gasteiger partial charge in [0.15, 0.2) is 0 Å². The molecule has 2 nitrogen and oxygen atoms in total. The Balaban J connectivity index is 1.96. The minimum atomic E-state index is -0.163. The minimum Gasteiger partial charge on any atom is -0.378 e. The maximum atomic E-state index is 13.2. The van der Waals surface area contributed by atoms with Crippen molar-refractivity contribution in [1.29, 1.82) is 0 Å². The van der Waals surface area contributed by atoms with Crippen LogP contribution in [-0.2, 0) is 11.3 Å². The van der Waals surface area contributed by atoms with Crippen LogP contribution < -0.4 is 5.32 Å². The van der Waals surface area contributed by atoms with Crippen LogP contribution in [0.2, 0.25) is 0 Å². The third-order valence-corrected chi connectivity index (χ3v) is 3.11. The van der Waals surface area contributed by atoms with E-state index < -0.39 is 0 Å². The lowest BCUT2D eigenvalue weighted by molar-refractivity contribution is -0.00579. The summed E-state index contributed by atoms with van der Waals surface area (Å²) in [6.07, 6.45) is 1.95. The number of hydrogen-bond donors (Lipinski definition) is 1. The van der Waals surface area contributed by atoms with Crippen LogP contribution in [0.15, 0.2) is 23.1 Å².